The van der Waals surface area contributed by atoms with Crippen molar-refractivity contribution >= 4 is 29.1 Å². The zero-order valence-electron chi connectivity index (χ0n) is 15.3. The van der Waals surface area contributed by atoms with E-state index >= 15 is 0 Å². The average molecular weight is 388 g/mol. The predicted molar refractivity (Wildman–Crippen MR) is 116 cm³/mol. The summed E-state index contributed by atoms with van der Waals surface area (Å²) in [4.78, 5) is 2.39. The molecule has 0 radical (unpaired) electrons. The number of nitrogens with zero attached hydrogens (tertiary/aromatic N) is 1. The van der Waals surface area contributed by atoms with Gasteiger partial charge in [0.25, 0.3) is 0 Å². The van der Waals surface area contributed by atoms with Gasteiger partial charge in [-0.05, 0) is 48.2 Å². The molecule has 5 heteroatoms. The lowest BCUT2D eigenvalue weighted by molar-refractivity contribution is 0.738. The van der Waals surface area contributed by atoms with Crippen LogP contribution >= 0.6 is 23.4 Å². The number of hydrogen-bond acceptors (Lipinski definition) is 4. The molecule has 0 aliphatic heterocycles. The number of halogens is 1. The third-order valence-electron chi connectivity index (χ3n) is 3.74. The maximum atomic E-state index is 5.97. The van der Waals surface area contributed by atoms with E-state index in [1.165, 1.54) is 15.4 Å². The van der Waals surface area contributed by atoms with Crippen LogP contribution < -0.4 is 11.2 Å². The van der Waals surface area contributed by atoms with Gasteiger partial charge < -0.3 is 11.2 Å². The molecule has 0 amide bonds. The Balaban J connectivity index is 2.14. The summed E-state index contributed by atoms with van der Waals surface area (Å²) in [5.41, 5.74) is 12.0. The summed E-state index contributed by atoms with van der Waals surface area (Å²) in [5.74, 6) is 0. The Morgan fingerprint density at radius 3 is 2.23 bits per heavy atom. The Labute approximate surface area is 165 Å². The molecule has 2 aromatic rings. The quantitative estimate of drug-likeness (QED) is 0.251. The van der Waals surface area contributed by atoms with Gasteiger partial charge in [-0.3, -0.25) is 0 Å². The monoisotopic (exact) mass is 387 g/mol. The van der Waals surface area contributed by atoms with Crippen LogP contribution in [0.4, 0.5) is 0 Å². The molecular weight excluding hydrogens is 362 g/mol. The van der Waals surface area contributed by atoms with Crippen molar-refractivity contribution in [3.63, 3.8) is 0 Å². The predicted octanol–water partition coefficient (Wildman–Crippen LogP) is 5.71. The molecule has 2 aromatic carbocycles. The highest BCUT2D eigenvalue weighted by Crippen LogP contribution is 2.31. The molecule has 3 N–H and O–H groups in total. The summed E-state index contributed by atoms with van der Waals surface area (Å²) >= 11 is 7.72. The lowest BCUT2D eigenvalue weighted by atomic mass is 10.1. The van der Waals surface area contributed by atoms with Crippen LogP contribution in [0.3, 0.4) is 0 Å². The number of nitrogens with one attached hydrogen (secondary N) is 1. The lowest BCUT2D eigenvalue weighted by Gasteiger charge is -2.11. The second-order valence-corrected chi connectivity index (χ2v) is 7.27. The number of hydrogen-bond donors (Lipinski definition) is 2. The van der Waals surface area contributed by atoms with Crippen molar-refractivity contribution in [3.8, 4) is 11.1 Å². The summed E-state index contributed by atoms with van der Waals surface area (Å²) in [6.45, 7) is 5.53. The minimum absolute atomic E-state index is 0.576. The second-order valence-electron chi connectivity index (χ2n) is 5.72. The zero-order chi connectivity index (χ0) is 18.8. The fourth-order valence-corrected chi connectivity index (χ4v) is 3.62. The van der Waals surface area contributed by atoms with Gasteiger partial charge in [-0.1, -0.05) is 67.6 Å². The van der Waals surface area contributed by atoms with Crippen LogP contribution in [-0.4, -0.2) is 18.8 Å². The number of allylic oxidation sites excluding steroid dienone is 2. The summed E-state index contributed by atoms with van der Waals surface area (Å²) in [6, 6.07) is 16.5. The van der Waals surface area contributed by atoms with E-state index in [2.05, 4.69) is 54.7 Å². The van der Waals surface area contributed by atoms with E-state index < -0.39 is 0 Å². The van der Waals surface area contributed by atoms with Crippen LogP contribution in [0, 0.1) is 0 Å². The van der Waals surface area contributed by atoms with Crippen molar-refractivity contribution < 1.29 is 0 Å². The summed E-state index contributed by atoms with van der Waals surface area (Å²) in [6.07, 6.45) is 4.07. The van der Waals surface area contributed by atoms with Crippen LogP contribution in [0.15, 0.2) is 69.5 Å². The van der Waals surface area contributed by atoms with Crippen LogP contribution in [0.5, 0.6) is 0 Å². The SMILES string of the molecule is CC/C=C(Sc1ccc(-c2ccc(Cl)cc2)cc1)/C(CC)=N\NCCN. The first-order valence-corrected chi connectivity index (χ1v) is 10.1. The molecule has 0 aliphatic carbocycles. The minimum atomic E-state index is 0.576. The normalized spacial score (nSPS) is 12.3. The summed E-state index contributed by atoms with van der Waals surface area (Å²) < 4.78 is 0. The molecule has 0 atom stereocenters. The highest BCUT2D eigenvalue weighted by molar-refractivity contribution is 8.04. The average Bonchev–Trinajstić information content (AvgIpc) is 2.66. The van der Waals surface area contributed by atoms with Gasteiger partial charge in [-0.25, -0.2) is 0 Å². The highest BCUT2D eigenvalue weighted by atomic mass is 35.5. The molecule has 0 aliphatic rings. The van der Waals surface area contributed by atoms with E-state index in [0.717, 1.165) is 29.1 Å². The topological polar surface area (TPSA) is 50.4 Å². The van der Waals surface area contributed by atoms with Gasteiger partial charge in [0.2, 0.25) is 0 Å². The molecule has 0 saturated carbocycles. The first kappa shape index (κ1) is 20.6. The molecular formula is C21H26ClN3S. The molecule has 0 unspecified atom stereocenters. The first-order chi connectivity index (χ1) is 12.7. The van der Waals surface area contributed by atoms with Gasteiger partial charge in [0.1, 0.15) is 0 Å². The van der Waals surface area contributed by atoms with Crippen molar-refractivity contribution in [2.24, 2.45) is 10.8 Å². The van der Waals surface area contributed by atoms with Crippen LogP contribution in [0.1, 0.15) is 26.7 Å². The molecule has 3 nitrogen and oxygen atoms in total. The number of rotatable bonds is 9. The fraction of sp³-hybridized carbons (Fsp3) is 0.286. The molecule has 0 saturated heterocycles. The fourth-order valence-electron chi connectivity index (χ4n) is 2.41. The van der Waals surface area contributed by atoms with Crippen LogP contribution in [-0.2, 0) is 0 Å². The zero-order valence-corrected chi connectivity index (χ0v) is 16.9. The van der Waals surface area contributed by atoms with E-state index in [9.17, 15) is 0 Å². The highest BCUT2D eigenvalue weighted by Gasteiger charge is 2.08. The Hall–Kier alpha value is -1.75. The summed E-state index contributed by atoms with van der Waals surface area (Å²) in [7, 11) is 0. The molecule has 0 spiro atoms. The van der Waals surface area contributed by atoms with Crippen LogP contribution in [0.25, 0.3) is 11.1 Å². The Morgan fingerprint density at radius 1 is 1.08 bits per heavy atom. The molecule has 0 bridgehead atoms. The number of hydrazone groups is 1. The van der Waals surface area contributed by atoms with Gasteiger partial charge >= 0.3 is 0 Å². The van der Waals surface area contributed by atoms with E-state index in [0.29, 0.717) is 13.1 Å². The van der Waals surface area contributed by atoms with Crippen molar-refractivity contribution in [2.45, 2.75) is 31.6 Å². The minimum Gasteiger partial charge on any atom is -0.329 e. The molecule has 26 heavy (non-hydrogen) atoms. The number of thioether (sulfide) groups is 1. The van der Waals surface area contributed by atoms with Gasteiger partial charge in [0.05, 0.1) is 5.71 Å². The maximum Gasteiger partial charge on any atom is 0.0736 e. The van der Waals surface area contributed by atoms with Gasteiger partial charge in [0.15, 0.2) is 0 Å². The number of nitrogens with two attached hydrogens (primary N) is 1. The van der Waals surface area contributed by atoms with E-state index in [-0.39, 0.29) is 0 Å². The molecule has 0 aromatic heterocycles. The van der Waals surface area contributed by atoms with Crippen molar-refractivity contribution in [1.29, 1.82) is 0 Å². The van der Waals surface area contributed by atoms with Gasteiger partial charge in [-0.2, -0.15) is 5.10 Å². The number of benzene rings is 2. The Bertz CT molecular complexity index is 737. The smallest absolute Gasteiger partial charge is 0.0736 e. The first-order valence-electron chi connectivity index (χ1n) is 8.91. The van der Waals surface area contributed by atoms with Gasteiger partial charge in [0, 0.05) is 27.9 Å². The second kappa shape index (κ2) is 11.1. The molecule has 0 fully saturated rings. The summed E-state index contributed by atoms with van der Waals surface area (Å²) in [5, 5.41) is 5.26. The van der Waals surface area contributed by atoms with Crippen molar-refractivity contribution in [2.75, 3.05) is 13.1 Å². The largest absolute Gasteiger partial charge is 0.329 e. The third-order valence-corrected chi connectivity index (χ3v) is 5.12. The van der Waals surface area contributed by atoms with Crippen LogP contribution in [0.2, 0.25) is 5.02 Å². The maximum absolute atomic E-state index is 5.97. The van der Waals surface area contributed by atoms with Gasteiger partial charge in [-0.15, -0.1) is 0 Å². The van der Waals surface area contributed by atoms with Crippen molar-refractivity contribution in [3.05, 3.63) is 64.5 Å². The molecule has 0 heterocycles. The van der Waals surface area contributed by atoms with Crippen molar-refractivity contribution in [1.82, 2.24) is 5.43 Å². The van der Waals surface area contributed by atoms with E-state index in [1.54, 1.807) is 11.8 Å². The molecule has 138 valence electrons. The third kappa shape index (κ3) is 6.20. The van der Waals surface area contributed by atoms with E-state index in [4.69, 9.17) is 17.3 Å². The molecule has 2 rings (SSSR count). The Morgan fingerprint density at radius 2 is 1.69 bits per heavy atom. The van der Waals surface area contributed by atoms with E-state index in [1.807, 2.05) is 24.3 Å². The lowest BCUT2D eigenvalue weighted by Crippen LogP contribution is -2.19. The standard InChI is InChI=1S/C21H26ClN3S/c1-3-5-21(20(4-2)25-24-15-14-23)26-19-12-8-17(9-13-19)16-6-10-18(22)11-7-16/h5-13,24H,3-4,14-15,23H2,1-2H3/b21-5-,25-20-. The Kier molecular flexibility index (Phi) is 8.75.